The minimum Gasteiger partial charge on any atom is -0.379 e. The topological polar surface area (TPSA) is 18.5 Å². The summed E-state index contributed by atoms with van der Waals surface area (Å²) in [6.07, 6.45) is 0.931. The highest BCUT2D eigenvalue weighted by Gasteiger charge is 2.18. The zero-order valence-corrected chi connectivity index (χ0v) is 9.23. The van der Waals surface area contributed by atoms with Gasteiger partial charge >= 0.3 is 0 Å². The molecular weight excluding hydrogens is 152 g/mol. The highest BCUT2D eigenvalue weighted by Crippen LogP contribution is 2.15. The Bertz CT molecular complexity index is 122. The van der Waals surface area contributed by atoms with E-state index in [1.807, 2.05) is 0 Å². The van der Waals surface area contributed by atoms with Gasteiger partial charge < -0.3 is 9.47 Å². The van der Waals surface area contributed by atoms with Gasteiger partial charge in [0.25, 0.3) is 0 Å². The highest BCUT2D eigenvalue weighted by atomic mass is 16.5. The van der Waals surface area contributed by atoms with Crippen molar-refractivity contribution < 1.29 is 9.47 Å². The van der Waals surface area contributed by atoms with Crippen LogP contribution in [0.25, 0.3) is 0 Å². The third-order valence-corrected chi connectivity index (χ3v) is 1.79. The van der Waals surface area contributed by atoms with E-state index in [0.717, 1.165) is 13.0 Å². The summed E-state index contributed by atoms with van der Waals surface area (Å²) in [7, 11) is 1.73. The fraction of sp³-hybridized carbons (Fsp3) is 1.00. The molecule has 0 atom stereocenters. The van der Waals surface area contributed by atoms with E-state index in [9.17, 15) is 0 Å². The SMILES string of the molecule is COC(C)(C)CCOC(C)(C)C. The Hall–Kier alpha value is -0.0800. The van der Waals surface area contributed by atoms with E-state index >= 15 is 0 Å². The second-order valence-electron chi connectivity index (χ2n) is 4.67. The maximum atomic E-state index is 5.59. The Morgan fingerprint density at radius 3 is 1.83 bits per heavy atom. The summed E-state index contributed by atoms with van der Waals surface area (Å²) in [4.78, 5) is 0. The molecule has 0 aromatic heterocycles. The lowest BCUT2D eigenvalue weighted by atomic mass is 10.1. The van der Waals surface area contributed by atoms with Gasteiger partial charge in [0.1, 0.15) is 0 Å². The molecule has 0 aliphatic carbocycles. The molecule has 0 aromatic rings. The van der Waals surface area contributed by atoms with Crippen molar-refractivity contribution in [3.63, 3.8) is 0 Å². The van der Waals surface area contributed by atoms with Crippen LogP contribution >= 0.6 is 0 Å². The van der Waals surface area contributed by atoms with Gasteiger partial charge in [-0.2, -0.15) is 0 Å². The summed E-state index contributed by atoms with van der Waals surface area (Å²) >= 11 is 0. The van der Waals surface area contributed by atoms with Crippen LogP contribution in [-0.2, 0) is 9.47 Å². The molecule has 0 saturated carbocycles. The summed E-state index contributed by atoms with van der Waals surface area (Å²) in [5, 5.41) is 0. The first-order valence-corrected chi connectivity index (χ1v) is 4.46. The molecule has 0 rings (SSSR count). The van der Waals surface area contributed by atoms with Crippen molar-refractivity contribution in [2.24, 2.45) is 0 Å². The van der Waals surface area contributed by atoms with E-state index in [-0.39, 0.29) is 11.2 Å². The van der Waals surface area contributed by atoms with Gasteiger partial charge in [0.15, 0.2) is 0 Å². The summed E-state index contributed by atoms with van der Waals surface area (Å²) in [5.74, 6) is 0. The van der Waals surface area contributed by atoms with Gasteiger partial charge in [0, 0.05) is 13.7 Å². The summed E-state index contributed by atoms with van der Waals surface area (Å²) in [6.45, 7) is 11.1. The van der Waals surface area contributed by atoms with Gasteiger partial charge in [-0.15, -0.1) is 0 Å². The third kappa shape index (κ3) is 6.62. The summed E-state index contributed by atoms with van der Waals surface area (Å²) in [6, 6.07) is 0. The second kappa shape index (κ2) is 4.24. The van der Waals surface area contributed by atoms with Gasteiger partial charge in [-0.3, -0.25) is 0 Å². The first-order valence-electron chi connectivity index (χ1n) is 4.46. The molecule has 0 radical (unpaired) electrons. The Balaban J connectivity index is 3.57. The largest absolute Gasteiger partial charge is 0.379 e. The molecule has 2 heteroatoms. The lowest BCUT2D eigenvalue weighted by molar-refractivity contribution is -0.0500. The number of hydrogen-bond donors (Lipinski definition) is 0. The molecule has 0 aliphatic heterocycles. The molecule has 2 nitrogen and oxygen atoms in total. The van der Waals surface area contributed by atoms with Crippen molar-refractivity contribution in [2.45, 2.75) is 52.2 Å². The van der Waals surface area contributed by atoms with Gasteiger partial charge in [-0.1, -0.05) is 0 Å². The smallest absolute Gasteiger partial charge is 0.0644 e. The first kappa shape index (κ1) is 11.9. The van der Waals surface area contributed by atoms with E-state index in [1.54, 1.807) is 7.11 Å². The zero-order valence-electron chi connectivity index (χ0n) is 9.23. The summed E-state index contributed by atoms with van der Waals surface area (Å²) < 4.78 is 10.9. The van der Waals surface area contributed by atoms with Crippen molar-refractivity contribution in [1.29, 1.82) is 0 Å². The molecule has 0 spiro atoms. The van der Waals surface area contributed by atoms with E-state index in [1.165, 1.54) is 0 Å². The molecule has 0 unspecified atom stereocenters. The average molecular weight is 174 g/mol. The Morgan fingerprint density at radius 2 is 1.50 bits per heavy atom. The predicted octanol–water partition coefficient (Wildman–Crippen LogP) is 2.62. The monoisotopic (exact) mass is 174 g/mol. The van der Waals surface area contributed by atoms with Crippen molar-refractivity contribution in [3.8, 4) is 0 Å². The molecule has 0 bridgehead atoms. The van der Waals surface area contributed by atoms with Crippen LogP contribution in [0.2, 0.25) is 0 Å². The molecule has 0 N–H and O–H groups in total. The molecule has 0 fully saturated rings. The fourth-order valence-electron chi connectivity index (χ4n) is 0.705. The van der Waals surface area contributed by atoms with Crippen molar-refractivity contribution in [1.82, 2.24) is 0 Å². The number of rotatable bonds is 4. The quantitative estimate of drug-likeness (QED) is 0.652. The minimum absolute atomic E-state index is 0.0379. The van der Waals surface area contributed by atoms with Crippen molar-refractivity contribution in [3.05, 3.63) is 0 Å². The zero-order chi connectivity index (χ0) is 9.83. The van der Waals surface area contributed by atoms with Gasteiger partial charge in [0.05, 0.1) is 11.2 Å². The Kier molecular flexibility index (Phi) is 4.21. The number of hydrogen-bond acceptors (Lipinski definition) is 2. The molecular formula is C10H22O2. The number of methoxy groups -OCH3 is 1. The molecule has 74 valence electrons. The fourth-order valence-corrected chi connectivity index (χ4v) is 0.705. The molecule has 0 aromatic carbocycles. The van der Waals surface area contributed by atoms with Crippen molar-refractivity contribution in [2.75, 3.05) is 13.7 Å². The van der Waals surface area contributed by atoms with Crippen LogP contribution < -0.4 is 0 Å². The van der Waals surface area contributed by atoms with Gasteiger partial charge in [-0.05, 0) is 41.0 Å². The van der Waals surface area contributed by atoms with Crippen LogP contribution in [0, 0.1) is 0 Å². The number of ether oxygens (including phenoxy) is 2. The maximum absolute atomic E-state index is 5.59. The Morgan fingerprint density at radius 1 is 1.00 bits per heavy atom. The van der Waals surface area contributed by atoms with E-state index in [2.05, 4.69) is 34.6 Å². The summed E-state index contributed by atoms with van der Waals surface area (Å²) in [5.41, 5.74) is -0.102. The second-order valence-corrected chi connectivity index (χ2v) is 4.67. The van der Waals surface area contributed by atoms with Crippen LogP contribution in [0.5, 0.6) is 0 Å². The lowest BCUT2D eigenvalue weighted by Gasteiger charge is -2.26. The van der Waals surface area contributed by atoms with Crippen LogP contribution in [0.3, 0.4) is 0 Å². The molecule has 12 heavy (non-hydrogen) atoms. The van der Waals surface area contributed by atoms with Crippen LogP contribution in [0.4, 0.5) is 0 Å². The van der Waals surface area contributed by atoms with Gasteiger partial charge in [-0.25, -0.2) is 0 Å². The average Bonchev–Trinajstić information content (AvgIpc) is 1.84. The maximum Gasteiger partial charge on any atom is 0.0644 e. The van der Waals surface area contributed by atoms with Crippen LogP contribution in [0.1, 0.15) is 41.0 Å². The van der Waals surface area contributed by atoms with Gasteiger partial charge in [0.2, 0.25) is 0 Å². The molecule has 0 aliphatic rings. The lowest BCUT2D eigenvalue weighted by Crippen LogP contribution is -2.28. The third-order valence-electron chi connectivity index (χ3n) is 1.79. The normalized spacial score (nSPS) is 13.5. The standard InChI is InChI=1S/C10H22O2/c1-9(2,3)12-8-7-10(4,5)11-6/h7-8H2,1-6H3. The Labute approximate surface area is 76.3 Å². The molecule has 0 amide bonds. The van der Waals surface area contributed by atoms with Crippen LogP contribution in [0.15, 0.2) is 0 Å². The highest BCUT2D eigenvalue weighted by molar-refractivity contribution is 4.68. The van der Waals surface area contributed by atoms with Crippen LogP contribution in [-0.4, -0.2) is 24.9 Å². The minimum atomic E-state index is -0.0642. The van der Waals surface area contributed by atoms with E-state index < -0.39 is 0 Å². The van der Waals surface area contributed by atoms with E-state index in [4.69, 9.17) is 9.47 Å². The van der Waals surface area contributed by atoms with E-state index in [0.29, 0.717) is 0 Å². The first-order chi connectivity index (χ1) is 5.27. The predicted molar refractivity (Wildman–Crippen MR) is 51.4 cm³/mol. The molecule has 0 saturated heterocycles. The van der Waals surface area contributed by atoms with Crippen molar-refractivity contribution >= 4 is 0 Å². The molecule has 0 heterocycles.